The summed E-state index contributed by atoms with van der Waals surface area (Å²) in [5.41, 5.74) is 1.58. The number of anilines is 1. The van der Waals surface area contributed by atoms with E-state index in [1.807, 2.05) is 0 Å². The van der Waals surface area contributed by atoms with Crippen molar-refractivity contribution in [2.75, 3.05) is 5.32 Å². The zero-order valence-corrected chi connectivity index (χ0v) is 11.6. The largest absolute Gasteiger partial charge is 0.508 e. The Kier molecular flexibility index (Phi) is 3.98. The second-order valence-corrected chi connectivity index (χ2v) is 4.86. The van der Waals surface area contributed by atoms with Gasteiger partial charge in [-0.25, -0.2) is 0 Å². The lowest BCUT2D eigenvalue weighted by atomic mass is 10.1. The van der Waals surface area contributed by atoms with Crippen molar-refractivity contribution in [2.24, 2.45) is 0 Å². The Morgan fingerprint density at radius 2 is 1.79 bits per heavy atom. The van der Waals surface area contributed by atoms with Gasteiger partial charge >= 0.3 is 0 Å². The SMILES string of the molecule is Cc1cc(O)ccc1NC(=O)c1c(Cl)cccc1Cl. The predicted octanol–water partition coefficient (Wildman–Crippen LogP) is 4.26. The highest BCUT2D eigenvalue weighted by molar-refractivity contribution is 6.40. The molecule has 0 bridgehead atoms. The van der Waals surface area contributed by atoms with E-state index in [1.54, 1.807) is 37.3 Å². The van der Waals surface area contributed by atoms with Crippen LogP contribution in [-0.4, -0.2) is 11.0 Å². The van der Waals surface area contributed by atoms with Gasteiger partial charge in [-0.2, -0.15) is 0 Å². The van der Waals surface area contributed by atoms with Gasteiger partial charge in [0.25, 0.3) is 5.91 Å². The molecule has 0 spiro atoms. The summed E-state index contributed by atoms with van der Waals surface area (Å²) in [5.74, 6) is -0.240. The van der Waals surface area contributed by atoms with Crippen molar-refractivity contribution in [3.63, 3.8) is 0 Å². The lowest BCUT2D eigenvalue weighted by molar-refractivity contribution is 0.102. The molecule has 2 aromatic carbocycles. The molecule has 2 N–H and O–H groups in total. The van der Waals surface area contributed by atoms with Crippen LogP contribution in [0.2, 0.25) is 10.0 Å². The van der Waals surface area contributed by atoms with Gasteiger partial charge < -0.3 is 10.4 Å². The highest BCUT2D eigenvalue weighted by Gasteiger charge is 2.15. The van der Waals surface area contributed by atoms with Crippen LogP contribution < -0.4 is 5.32 Å². The summed E-state index contributed by atoms with van der Waals surface area (Å²) in [6.45, 7) is 1.78. The molecule has 98 valence electrons. The molecule has 0 saturated carbocycles. The molecule has 0 unspecified atom stereocenters. The van der Waals surface area contributed by atoms with Crippen molar-refractivity contribution in [1.82, 2.24) is 0 Å². The molecule has 0 radical (unpaired) electrons. The molecule has 19 heavy (non-hydrogen) atoms. The Hall–Kier alpha value is -1.71. The van der Waals surface area contributed by atoms with Crippen molar-refractivity contribution in [2.45, 2.75) is 6.92 Å². The van der Waals surface area contributed by atoms with E-state index in [0.717, 1.165) is 5.56 Å². The molecule has 0 heterocycles. The normalized spacial score (nSPS) is 10.3. The predicted molar refractivity (Wildman–Crippen MR) is 77.3 cm³/mol. The lowest BCUT2D eigenvalue weighted by Crippen LogP contribution is -2.13. The molecule has 0 aliphatic heterocycles. The number of hydrogen-bond donors (Lipinski definition) is 2. The van der Waals surface area contributed by atoms with Gasteiger partial charge in [-0.3, -0.25) is 4.79 Å². The second-order valence-electron chi connectivity index (χ2n) is 4.05. The van der Waals surface area contributed by atoms with Crippen molar-refractivity contribution in [1.29, 1.82) is 0 Å². The number of nitrogens with one attached hydrogen (secondary N) is 1. The van der Waals surface area contributed by atoms with Gasteiger partial charge in [-0.05, 0) is 42.8 Å². The number of phenols is 1. The Balaban J connectivity index is 2.31. The van der Waals surface area contributed by atoms with E-state index in [9.17, 15) is 9.90 Å². The standard InChI is InChI=1S/C14H11Cl2NO2/c1-8-7-9(18)5-6-12(8)17-14(19)13-10(15)3-2-4-11(13)16/h2-7,18H,1H3,(H,17,19). The number of hydrogen-bond acceptors (Lipinski definition) is 2. The lowest BCUT2D eigenvalue weighted by Gasteiger charge is -2.10. The minimum Gasteiger partial charge on any atom is -0.508 e. The molecule has 3 nitrogen and oxygen atoms in total. The van der Waals surface area contributed by atoms with Crippen LogP contribution in [0.25, 0.3) is 0 Å². The number of carbonyl (C=O) groups excluding carboxylic acids is 1. The molecular weight excluding hydrogens is 285 g/mol. The first-order valence-corrected chi connectivity index (χ1v) is 6.29. The molecule has 0 aromatic heterocycles. The van der Waals surface area contributed by atoms with Crippen LogP contribution >= 0.6 is 23.2 Å². The van der Waals surface area contributed by atoms with Crippen LogP contribution in [0.15, 0.2) is 36.4 Å². The molecule has 1 amide bonds. The van der Waals surface area contributed by atoms with Gasteiger partial charge in [0.15, 0.2) is 0 Å². The summed E-state index contributed by atoms with van der Waals surface area (Å²) >= 11 is 11.9. The van der Waals surface area contributed by atoms with Crippen molar-refractivity contribution >= 4 is 34.8 Å². The smallest absolute Gasteiger partial charge is 0.258 e. The fourth-order valence-corrected chi connectivity index (χ4v) is 2.26. The first-order chi connectivity index (χ1) is 8.99. The van der Waals surface area contributed by atoms with Gasteiger partial charge in [-0.1, -0.05) is 29.3 Å². The maximum absolute atomic E-state index is 12.2. The minimum atomic E-state index is -0.385. The van der Waals surface area contributed by atoms with Gasteiger partial charge in [0, 0.05) is 5.69 Å². The number of rotatable bonds is 2. The van der Waals surface area contributed by atoms with Crippen LogP contribution in [0.4, 0.5) is 5.69 Å². The van der Waals surface area contributed by atoms with Gasteiger partial charge in [0.05, 0.1) is 15.6 Å². The number of carbonyl (C=O) groups is 1. The Morgan fingerprint density at radius 1 is 1.16 bits per heavy atom. The zero-order valence-electron chi connectivity index (χ0n) is 10.1. The monoisotopic (exact) mass is 295 g/mol. The van der Waals surface area contributed by atoms with Crippen molar-refractivity contribution in [3.05, 3.63) is 57.6 Å². The maximum Gasteiger partial charge on any atom is 0.258 e. The fraction of sp³-hybridized carbons (Fsp3) is 0.0714. The van der Waals surface area contributed by atoms with Gasteiger partial charge in [-0.15, -0.1) is 0 Å². The third-order valence-corrected chi connectivity index (χ3v) is 3.28. The quantitative estimate of drug-likeness (QED) is 0.813. The summed E-state index contributed by atoms with van der Waals surface area (Å²) in [6.07, 6.45) is 0. The summed E-state index contributed by atoms with van der Waals surface area (Å²) < 4.78 is 0. The fourth-order valence-electron chi connectivity index (χ4n) is 1.69. The summed E-state index contributed by atoms with van der Waals surface area (Å²) in [5, 5.41) is 12.6. The van der Waals surface area contributed by atoms with Crippen LogP contribution in [0, 0.1) is 6.92 Å². The minimum absolute atomic E-state index is 0.145. The highest BCUT2D eigenvalue weighted by Crippen LogP contribution is 2.26. The number of benzene rings is 2. The third-order valence-electron chi connectivity index (χ3n) is 2.65. The summed E-state index contributed by atoms with van der Waals surface area (Å²) in [4.78, 5) is 12.2. The molecule has 2 rings (SSSR count). The number of amides is 1. The first-order valence-electron chi connectivity index (χ1n) is 5.54. The molecular formula is C14H11Cl2NO2. The van der Waals surface area contributed by atoms with Crippen LogP contribution in [0.1, 0.15) is 15.9 Å². The van der Waals surface area contributed by atoms with E-state index < -0.39 is 0 Å². The molecule has 0 fully saturated rings. The number of aromatic hydroxyl groups is 1. The Bertz CT molecular complexity index is 621. The number of aryl methyl sites for hydroxylation is 1. The second kappa shape index (κ2) is 5.51. The van der Waals surface area contributed by atoms with E-state index in [4.69, 9.17) is 23.2 Å². The Morgan fingerprint density at radius 3 is 2.37 bits per heavy atom. The number of phenolic OH excluding ortho intramolecular Hbond substituents is 1. The van der Waals surface area contributed by atoms with E-state index in [0.29, 0.717) is 15.7 Å². The third kappa shape index (κ3) is 3.00. The Labute approximate surface area is 120 Å². The van der Waals surface area contributed by atoms with Crippen molar-refractivity contribution < 1.29 is 9.90 Å². The van der Waals surface area contributed by atoms with E-state index in [-0.39, 0.29) is 17.2 Å². The van der Waals surface area contributed by atoms with Crippen LogP contribution in [0.5, 0.6) is 5.75 Å². The molecule has 2 aromatic rings. The van der Waals surface area contributed by atoms with E-state index in [1.165, 1.54) is 6.07 Å². The molecule has 0 aliphatic carbocycles. The molecule has 0 atom stereocenters. The zero-order chi connectivity index (χ0) is 14.0. The first kappa shape index (κ1) is 13.7. The summed E-state index contributed by atoms with van der Waals surface area (Å²) in [7, 11) is 0. The molecule has 0 saturated heterocycles. The van der Waals surface area contributed by atoms with Crippen LogP contribution in [0.3, 0.4) is 0 Å². The van der Waals surface area contributed by atoms with Gasteiger partial charge in [0.1, 0.15) is 5.75 Å². The topological polar surface area (TPSA) is 49.3 Å². The van der Waals surface area contributed by atoms with Gasteiger partial charge in [0.2, 0.25) is 0 Å². The highest BCUT2D eigenvalue weighted by atomic mass is 35.5. The van der Waals surface area contributed by atoms with E-state index in [2.05, 4.69) is 5.32 Å². The van der Waals surface area contributed by atoms with Crippen LogP contribution in [-0.2, 0) is 0 Å². The number of halogens is 2. The maximum atomic E-state index is 12.2. The van der Waals surface area contributed by atoms with E-state index >= 15 is 0 Å². The molecule has 5 heteroatoms. The summed E-state index contributed by atoms with van der Waals surface area (Å²) in [6, 6.07) is 9.55. The molecule has 0 aliphatic rings. The van der Waals surface area contributed by atoms with Crippen molar-refractivity contribution in [3.8, 4) is 5.75 Å². The average Bonchev–Trinajstić information content (AvgIpc) is 2.32. The average molecular weight is 296 g/mol.